The third-order valence-electron chi connectivity index (χ3n) is 4.44. The lowest BCUT2D eigenvalue weighted by Gasteiger charge is -2.06. The minimum absolute atomic E-state index is 0.189. The van der Waals surface area contributed by atoms with E-state index in [2.05, 4.69) is 15.4 Å². The Hall–Kier alpha value is -3.24. The predicted molar refractivity (Wildman–Crippen MR) is 114 cm³/mol. The number of benzene rings is 2. The largest absolute Gasteiger partial charge is 0.323 e. The van der Waals surface area contributed by atoms with Crippen LogP contribution in [0.5, 0.6) is 0 Å². The number of pyridine rings is 1. The highest BCUT2D eigenvalue weighted by Gasteiger charge is 2.13. The van der Waals surface area contributed by atoms with Crippen LogP contribution in [0.25, 0.3) is 16.9 Å². The molecule has 1 N–H and O–H groups in total. The predicted octanol–water partition coefficient (Wildman–Crippen LogP) is 2.95. The first kappa shape index (κ1) is 20.0. The first-order chi connectivity index (χ1) is 14.1. The van der Waals surface area contributed by atoms with Crippen LogP contribution in [-0.4, -0.2) is 43.9 Å². The first-order valence-corrected chi connectivity index (χ1v) is 12.6. The molecular weight excluding hydrogens is 424 g/mol. The third-order valence-corrected chi connectivity index (χ3v) is 6.66. The lowest BCUT2D eigenvalue weighted by molar-refractivity contribution is 0.600. The zero-order valence-electron chi connectivity index (χ0n) is 16.1. The van der Waals surface area contributed by atoms with Crippen molar-refractivity contribution in [3.05, 3.63) is 66.7 Å². The fourth-order valence-corrected chi connectivity index (χ4v) is 4.33. The summed E-state index contributed by atoms with van der Waals surface area (Å²) in [4.78, 5) is 4.84. The van der Waals surface area contributed by atoms with Crippen molar-refractivity contribution in [3.8, 4) is 11.3 Å². The molecule has 10 heteroatoms. The van der Waals surface area contributed by atoms with Crippen LogP contribution in [0, 0.1) is 0 Å². The van der Waals surface area contributed by atoms with Crippen LogP contribution in [0.4, 0.5) is 11.6 Å². The van der Waals surface area contributed by atoms with Gasteiger partial charge in [0.15, 0.2) is 25.3 Å². The fourth-order valence-electron chi connectivity index (χ4n) is 3.00. The minimum Gasteiger partial charge on any atom is -0.323 e. The molecule has 0 saturated carbocycles. The molecule has 0 amide bonds. The molecule has 0 unspecified atom stereocenters. The second-order valence-electron chi connectivity index (χ2n) is 6.84. The number of aromatic nitrogens is 3. The molecule has 2 heterocycles. The van der Waals surface area contributed by atoms with E-state index >= 15 is 0 Å². The zero-order chi connectivity index (χ0) is 21.5. The minimum atomic E-state index is -3.35. The maximum atomic E-state index is 11.9. The molecule has 0 aliphatic rings. The summed E-state index contributed by atoms with van der Waals surface area (Å²) in [6, 6.07) is 18.4. The van der Waals surface area contributed by atoms with Gasteiger partial charge in [0.1, 0.15) is 0 Å². The van der Waals surface area contributed by atoms with Crippen LogP contribution in [-0.2, 0) is 19.7 Å². The van der Waals surface area contributed by atoms with Crippen LogP contribution in [0.1, 0.15) is 0 Å². The third kappa shape index (κ3) is 4.05. The molecule has 2 aromatic heterocycles. The topological polar surface area (TPSA) is 110 Å². The summed E-state index contributed by atoms with van der Waals surface area (Å²) in [5.74, 6) is 0.285. The molecule has 0 aliphatic carbocycles. The number of anilines is 2. The van der Waals surface area contributed by atoms with Gasteiger partial charge in [-0.1, -0.05) is 24.3 Å². The van der Waals surface area contributed by atoms with E-state index in [9.17, 15) is 16.8 Å². The lowest BCUT2D eigenvalue weighted by atomic mass is 10.1. The molecule has 0 saturated heterocycles. The van der Waals surface area contributed by atoms with Crippen molar-refractivity contribution in [2.24, 2.45) is 0 Å². The quantitative estimate of drug-likeness (QED) is 0.506. The van der Waals surface area contributed by atoms with Crippen molar-refractivity contribution in [1.82, 2.24) is 14.6 Å². The Balaban J connectivity index is 1.75. The van der Waals surface area contributed by atoms with E-state index in [0.29, 0.717) is 22.6 Å². The summed E-state index contributed by atoms with van der Waals surface area (Å²) < 4.78 is 48.9. The molecule has 8 nitrogen and oxygen atoms in total. The SMILES string of the molecule is CS(=O)(=O)c1cccc(Nc2nc3cccc(-c4cccc(S(C)(=O)=O)c4)n3n2)c1. The molecule has 4 aromatic rings. The number of nitrogens with one attached hydrogen (secondary N) is 1. The Labute approximate surface area is 174 Å². The van der Waals surface area contributed by atoms with Crippen LogP contribution in [0.15, 0.2) is 76.5 Å². The van der Waals surface area contributed by atoms with Crippen molar-refractivity contribution in [2.45, 2.75) is 9.79 Å². The molecule has 0 bridgehead atoms. The van der Waals surface area contributed by atoms with E-state index in [1.54, 1.807) is 53.0 Å². The van der Waals surface area contributed by atoms with E-state index in [4.69, 9.17) is 0 Å². The normalized spacial score (nSPS) is 12.2. The number of nitrogens with zero attached hydrogens (tertiary/aromatic N) is 3. The van der Waals surface area contributed by atoms with Gasteiger partial charge in [0.2, 0.25) is 5.95 Å². The molecule has 2 aromatic carbocycles. The van der Waals surface area contributed by atoms with E-state index < -0.39 is 19.7 Å². The van der Waals surface area contributed by atoms with E-state index in [1.807, 2.05) is 6.07 Å². The fraction of sp³-hybridized carbons (Fsp3) is 0.100. The number of sulfone groups is 2. The summed E-state index contributed by atoms with van der Waals surface area (Å²) in [6.07, 6.45) is 2.31. The Morgan fingerprint density at radius 2 is 1.43 bits per heavy atom. The van der Waals surface area contributed by atoms with Gasteiger partial charge in [0.05, 0.1) is 15.5 Å². The molecule has 4 rings (SSSR count). The maximum Gasteiger partial charge on any atom is 0.247 e. The van der Waals surface area contributed by atoms with Gasteiger partial charge in [0.25, 0.3) is 0 Å². The second kappa shape index (κ2) is 7.22. The average molecular weight is 443 g/mol. The van der Waals surface area contributed by atoms with E-state index in [0.717, 1.165) is 12.5 Å². The molecular formula is C20H18N4O4S2. The van der Waals surface area contributed by atoms with Crippen molar-refractivity contribution in [3.63, 3.8) is 0 Å². The van der Waals surface area contributed by atoms with E-state index in [1.165, 1.54) is 12.1 Å². The summed E-state index contributed by atoms with van der Waals surface area (Å²) in [5.41, 5.74) is 2.44. The maximum absolute atomic E-state index is 11.9. The number of hydrogen-bond donors (Lipinski definition) is 1. The van der Waals surface area contributed by atoms with Crippen molar-refractivity contribution in [2.75, 3.05) is 17.8 Å². The van der Waals surface area contributed by atoms with Crippen molar-refractivity contribution >= 4 is 37.0 Å². The summed E-state index contributed by atoms with van der Waals surface area (Å²) in [6.45, 7) is 0. The Kier molecular flexibility index (Phi) is 4.83. The number of rotatable bonds is 5. The van der Waals surface area contributed by atoms with Crippen molar-refractivity contribution < 1.29 is 16.8 Å². The van der Waals surface area contributed by atoms with Crippen LogP contribution < -0.4 is 5.32 Å². The van der Waals surface area contributed by atoms with Gasteiger partial charge in [-0.3, -0.25) is 0 Å². The van der Waals surface area contributed by atoms with Gasteiger partial charge in [-0.25, -0.2) is 21.4 Å². The highest BCUT2D eigenvalue weighted by Crippen LogP contribution is 2.25. The molecule has 154 valence electrons. The average Bonchev–Trinajstić information content (AvgIpc) is 3.09. The first-order valence-electron chi connectivity index (χ1n) is 8.85. The highest BCUT2D eigenvalue weighted by atomic mass is 32.2. The molecule has 0 atom stereocenters. The zero-order valence-corrected chi connectivity index (χ0v) is 17.8. The van der Waals surface area contributed by atoms with Crippen LogP contribution in [0.3, 0.4) is 0 Å². The molecule has 0 radical (unpaired) electrons. The van der Waals surface area contributed by atoms with Gasteiger partial charge in [0, 0.05) is 23.8 Å². The van der Waals surface area contributed by atoms with Crippen LogP contribution in [0.2, 0.25) is 0 Å². The lowest BCUT2D eigenvalue weighted by Crippen LogP contribution is -2.00. The van der Waals surface area contributed by atoms with Gasteiger partial charge in [-0.2, -0.15) is 4.98 Å². The molecule has 0 aliphatic heterocycles. The molecule has 0 spiro atoms. The number of fused-ring (bicyclic) bond motifs is 1. The van der Waals surface area contributed by atoms with Gasteiger partial charge in [-0.05, 0) is 42.5 Å². The Bertz CT molecular complexity index is 1480. The summed E-state index contributed by atoms with van der Waals surface area (Å²) in [7, 11) is -6.68. The Morgan fingerprint density at radius 1 is 0.800 bits per heavy atom. The van der Waals surface area contributed by atoms with Gasteiger partial charge < -0.3 is 5.32 Å². The number of hydrogen-bond acceptors (Lipinski definition) is 7. The highest BCUT2D eigenvalue weighted by molar-refractivity contribution is 7.91. The van der Waals surface area contributed by atoms with Crippen molar-refractivity contribution in [1.29, 1.82) is 0 Å². The summed E-state index contributed by atoms with van der Waals surface area (Å²) >= 11 is 0. The standard InChI is InChI=1S/C20H18N4O4S2/c1-29(25,26)16-8-3-6-14(12-16)18-10-5-11-19-22-20(23-24(18)19)21-15-7-4-9-17(13-15)30(2,27)28/h3-13H,1-2H3,(H,21,23). The summed E-state index contributed by atoms with van der Waals surface area (Å²) in [5, 5.41) is 7.48. The smallest absolute Gasteiger partial charge is 0.247 e. The van der Waals surface area contributed by atoms with Gasteiger partial charge in [-0.15, -0.1) is 5.10 Å². The Morgan fingerprint density at radius 3 is 2.13 bits per heavy atom. The second-order valence-corrected chi connectivity index (χ2v) is 10.9. The molecule has 30 heavy (non-hydrogen) atoms. The monoisotopic (exact) mass is 442 g/mol. The molecule has 0 fully saturated rings. The van der Waals surface area contributed by atoms with Gasteiger partial charge >= 0.3 is 0 Å². The van der Waals surface area contributed by atoms with E-state index in [-0.39, 0.29) is 15.7 Å². The van der Waals surface area contributed by atoms with Crippen LogP contribution >= 0.6 is 0 Å².